The molecule has 294 valence electrons. The summed E-state index contributed by atoms with van der Waals surface area (Å²) >= 11 is 0. The monoisotopic (exact) mass is 764 g/mol. The van der Waals surface area contributed by atoms with E-state index < -0.39 is 97.5 Å². The summed E-state index contributed by atoms with van der Waals surface area (Å²) in [6.07, 6.45) is 5.47. The molecule has 0 saturated carbocycles. The molecule has 19 heteroatoms. The number of hydrogen-bond donors (Lipinski definition) is 3. The van der Waals surface area contributed by atoms with Crippen molar-refractivity contribution in [1.82, 2.24) is 0 Å². The van der Waals surface area contributed by atoms with Crippen molar-refractivity contribution in [3.8, 4) is 0 Å². The second-order valence-electron chi connectivity index (χ2n) is 11.4. The highest BCUT2D eigenvalue weighted by Crippen LogP contribution is 2.45. The zero-order valence-corrected chi connectivity index (χ0v) is 31.6. The van der Waals surface area contributed by atoms with E-state index in [2.05, 4.69) is 11.4 Å². The van der Waals surface area contributed by atoms with Gasteiger partial charge in [0.05, 0.1) is 26.4 Å². The number of rotatable bonds is 32. The number of unbranched alkanes of at least 4 members (excludes halogenated alkanes) is 7. The normalized spacial score (nSPS) is 15.6. The van der Waals surface area contributed by atoms with Gasteiger partial charge in [-0.3, -0.25) is 37.3 Å². The lowest BCUT2D eigenvalue weighted by molar-refractivity contribution is -0.161. The van der Waals surface area contributed by atoms with Gasteiger partial charge in [-0.2, -0.15) is 0 Å². The molecule has 0 fully saturated rings. The van der Waals surface area contributed by atoms with E-state index in [1.54, 1.807) is 20.8 Å². The highest BCUT2D eigenvalue weighted by Gasteiger charge is 2.30. The maximum Gasteiger partial charge on any atom is 0.472 e. The first-order valence-corrected chi connectivity index (χ1v) is 20.3. The zero-order chi connectivity index (χ0) is 37.8. The first-order chi connectivity index (χ1) is 23.7. The molecule has 3 N–H and O–H groups in total. The largest absolute Gasteiger partial charge is 0.472 e. The number of carbonyl (C=O) groups excluding carboxylic acids is 4. The van der Waals surface area contributed by atoms with E-state index in [1.165, 1.54) is 19.3 Å². The molecular formula is C31H58O17P2. The van der Waals surface area contributed by atoms with Gasteiger partial charge < -0.3 is 33.8 Å². The standard InChI is InChI=1S/C31H58O17P2/c1-5-9-10-11-12-13-14-15-18-29(34)42-22-27(48-31(36)17-7-3)24-46-50(39,40)44-20-25(32)19-43-49(37,38)45-23-26(21-41-28(33)8-4)47-30(35)16-6-2/h25-27,32H,5-24H2,1-4H3,(H,37,38)(H,39,40)/t25-,26-,27-/m1/s1. The van der Waals surface area contributed by atoms with Crippen molar-refractivity contribution in [2.24, 2.45) is 0 Å². The summed E-state index contributed by atoms with van der Waals surface area (Å²) in [6, 6.07) is 0. The third-order valence-electron chi connectivity index (χ3n) is 6.60. The molecule has 0 rings (SSSR count). The maximum absolute atomic E-state index is 12.4. The van der Waals surface area contributed by atoms with Gasteiger partial charge in [0, 0.05) is 25.7 Å². The number of aliphatic hydroxyl groups excluding tert-OH is 1. The van der Waals surface area contributed by atoms with Crippen LogP contribution in [0.25, 0.3) is 0 Å². The van der Waals surface area contributed by atoms with Crippen LogP contribution in [0.4, 0.5) is 0 Å². The lowest BCUT2D eigenvalue weighted by Gasteiger charge is -2.21. The molecule has 0 aromatic carbocycles. The molecule has 17 nitrogen and oxygen atoms in total. The molecule has 0 amide bonds. The Labute approximate surface area is 295 Å². The van der Waals surface area contributed by atoms with Crippen LogP contribution < -0.4 is 0 Å². The van der Waals surface area contributed by atoms with Crippen LogP contribution in [-0.4, -0.2) is 96.7 Å². The first-order valence-electron chi connectivity index (χ1n) is 17.3. The molecule has 0 radical (unpaired) electrons. The summed E-state index contributed by atoms with van der Waals surface area (Å²) in [5.74, 6) is -2.40. The van der Waals surface area contributed by atoms with Gasteiger partial charge in [0.1, 0.15) is 19.3 Å². The van der Waals surface area contributed by atoms with Crippen LogP contribution in [0.1, 0.15) is 118 Å². The first kappa shape index (κ1) is 48.1. The van der Waals surface area contributed by atoms with Crippen LogP contribution in [0.5, 0.6) is 0 Å². The predicted molar refractivity (Wildman–Crippen MR) is 178 cm³/mol. The Kier molecular flexibility index (Phi) is 27.5. The van der Waals surface area contributed by atoms with Gasteiger partial charge in [-0.1, -0.05) is 72.6 Å². The molecule has 0 aromatic rings. The van der Waals surface area contributed by atoms with Gasteiger partial charge >= 0.3 is 39.5 Å². The van der Waals surface area contributed by atoms with Gasteiger partial charge in [-0.25, -0.2) is 9.13 Å². The predicted octanol–water partition coefficient (Wildman–Crippen LogP) is 5.07. The van der Waals surface area contributed by atoms with Crippen molar-refractivity contribution in [3.05, 3.63) is 0 Å². The van der Waals surface area contributed by atoms with Crippen LogP contribution in [-0.2, 0) is 65.4 Å². The van der Waals surface area contributed by atoms with Crippen molar-refractivity contribution < 1.29 is 80.2 Å². The van der Waals surface area contributed by atoms with Crippen LogP contribution in [0.15, 0.2) is 0 Å². The van der Waals surface area contributed by atoms with Crippen molar-refractivity contribution in [2.45, 2.75) is 136 Å². The second-order valence-corrected chi connectivity index (χ2v) is 14.3. The second kappa shape index (κ2) is 28.6. The fraction of sp³-hybridized carbons (Fsp3) is 0.871. The average Bonchev–Trinajstić information content (AvgIpc) is 3.06. The molecule has 0 bridgehead atoms. The number of hydrogen-bond acceptors (Lipinski definition) is 15. The molecule has 0 aliphatic rings. The fourth-order valence-corrected chi connectivity index (χ4v) is 5.50. The SMILES string of the molecule is CCCCCCCCCCC(=O)OC[C@H](COP(=O)(O)OC[C@H](O)COP(=O)(O)OC[C@@H](COC(=O)CC)OC(=O)CCC)OC(=O)CCC. The summed E-state index contributed by atoms with van der Waals surface area (Å²) in [4.78, 5) is 67.5. The van der Waals surface area contributed by atoms with E-state index in [9.17, 15) is 43.2 Å². The Morgan fingerprint density at radius 3 is 1.32 bits per heavy atom. The van der Waals surface area contributed by atoms with Gasteiger partial charge in [-0.15, -0.1) is 0 Å². The molecule has 0 aliphatic carbocycles. The van der Waals surface area contributed by atoms with Crippen molar-refractivity contribution in [3.63, 3.8) is 0 Å². The number of esters is 4. The van der Waals surface area contributed by atoms with E-state index in [1.807, 2.05) is 0 Å². The Morgan fingerprint density at radius 1 is 0.500 bits per heavy atom. The molecule has 5 atom stereocenters. The van der Waals surface area contributed by atoms with Crippen LogP contribution in [0, 0.1) is 0 Å². The summed E-state index contributed by atoms with van der Waals surface area (Å²) in [5, 5.41) is 10.1. The third kappa shape index (κ3) is 27.7. The fourth-order valence-electron chi connectivity index (χ4n) is 3.92. The molecule has 0 heterocycles. The third-order valence-corrected chi connectivity index (χ3v) is 8.50. The van der Waals surface area contributed by atoms with Crippen molar-refractivity contribution in [1.29, 1.82) is 0 Å². The number of phosphoric acid groups is 2. The van der Waals surface area contributed by atoms with Gasteiger partial charge in [0.25, 0.3) is 0 Å². The van der Waals surface area contributed by atoms with Gasteiger partial charge in [-0.05, 0) is 19.3 Å². The molecule has 2 unspecified atom stereocenters. The number of aliphatic hydroxyl groups is 1. The number of phosphoric ester groups is 2. The minimum Gasteiger partial charge on any atom is -0.462 e. The summed E-state index contributed by atoms with van der Waals surface area (Å²) in [6.45, 7) is 3.15. The molecule has 0 aromatic heterocycles. The van der Waals surface area contributed by atoms with Gasteiger partial charge in [0.2, 0.25) is 0 Å². The van der Waals surface area contributed by atoms with E-state index in [-0.39, 0.29) is 25.7 Å². The number of carbonyl (C=O) groups is 4. The Balaban J connectivity index is 4.78. The van der Waals surface area contributed by atoms with Crippen LogP contribution in [0.3, 0.4) is 0 Å². The Hall–Kier alpha value is -1.94. The minimum atomic E-state index is -4.87. The molecule has 50 heavy (non-hydrogen) atoms. The smallest absolute Gasteiger partial charge is 0.462 e. The molecule has 0 aliphatic heterocycles. The average molecular weight is 765 g/mol. The van der Waals surface area contributed by atoms with Gasteiger partial charge in [0.15, 0.2) is 12.2 Å². The lowest BCUT2D eigenvalue weighted by Crippen LogP contribution is -2.30. The minimum absolute atomic E-state index is 0.0473. The van der Waals surface area contributed by atoms with Crippen molar-refractivity contribution >= 4 is 39.5 Å². The van der Waals surface area contributed by atoms with Crippen molar-refractivity contribution in [2.75, 3.05) is 39.6 Å². The zero-order valence-electron chi connectivity index (χ0n) is 29.8. The van der Waals surface area contributed by atoms with Crippen LogP contribution >= 0.6 is 15.6 Å². The Morgan fingerprint density at radius 2 is 0.900 bits per heavy atom. The van der Waals surface area contributed by atoms with E-state index in [0.717, 1.165) is 25.7 Å². The van der Waals surface area contributed by atoms with E-state index in [4.69, 9.17) is 32.5 Å². The highest BCUT2D eigenvalue weighted by atomic mass is 31.2. The topological polar surface area (TPSA) is 237 Å². The summed E-state index contributed by atoms with van der Waals surface area (Å²) in [5.41, 5.74) is 0. The van der Waals surface area contributed by atoms with E-state index in [0.29, 0.717) is 19.3 Å². The number of ether oxygens (including phenoxy) is 4. The maximum atomic E-state index is 12.4. The molecule has 0 spiro atoms. The van der Waals surface area contributed by atoms with E-state index >= 15 is 0 Å². The highest BCUT2D eigenvalue weighted by molar-refractivity contribution is 7.47. The summed E-state index contributed by atoms with van der Waals surface area (Å²) in [7, 11) is -9.73. The van der Waals surface area contributed by atoms with Crippen LogP contribution in [0.2, 0.25) is 0 Å². The lowest BCUT2D eigenvalue weighted by atomic mass is 10.1. The quantitative estimate of drug-likeness (QED) is 0.0351. The molecule has 0 saturated heterocycles. The molecular weight excluding hydrogens is 706 g/mol. The Bertz CT molecular complexity index is 1060. The summed E-state index contributed by atoms with van der Waals surface area (Å²) < 4.78 is 64.2.